The van der Waals surface area contributed by atoms with Crippen LogP contribution in [0, 0.1) is 5.92 Å². The van der Waals surface area contributed by atoms with Crippen LogP contribution in [0.2, 0.25) is 0 Å². The molecule has 0 bridgehead atoms. The number of halogens is 3. The number of aliphatic carboxylic acids is 1. The van der Waals surface area contributed by atoms with Crippen LogP contribution in [0.5, 0.6) is 0 Å². The number of carboxylic acids is 1. The lowest BCUT2D eigenvalue weighted by atomic mass is 10.1. The molecular formula is C14H14F3NO2. The van der Waals surface area contributed by atoms with E-state index in [1.807, 2.05) is 19.1 Å². The molecule has 108 valence electrons. The molecular weight excluding hydrogens is 271 g/mol. The number of benzene rings is 1. The zero-order valence-corrected chi connectivity index (χ0v) is 10.8. The zero-order valence-electron chi connectivity index (χ0n) is 10.8. The summed E-state index contributed by atoms with van der Waals surface area (Å²) in [6.45, 7) is 1.30. The first-order valence-electron chi connectivity index (χ1n) is 6.20. The summed E-state index contributed by atoms with van der Waals surface area (Å²) in [6.07, 6.45) is -2.58. The van der Waals surface area contributed by atoms with Gasteiger partial charge in [-0.1, -0.05) is 25.1 Å². The minimum absolute atomic E-state index is 0.612. The summed E-state index contributed by atoms with van der Waals surface area (Å²) in [6, 6.07) is 7.17. The highest BCUT2D eigenvalue weighted by Gasteiger charge is 2.45. The van der Waals surface area contributed by atoms with Crippen molar-refractivity contribution in [2.75, 3.05) is 0 Å². The van der Waals surface area contributed by atoms with Crippen LogP contribution in [0.15, 0.2) is 30.5 Å². The number of para-hydroxylation sites is 1. The quantitative estimate of drug-likeness (QED) is 0.934. The van der Waals surface area contributed by atoms with Crippen molar-refractivity contribution in [2.45, 2.75) is 26.1 Å². The van der Waals surface area contributed by atoms with Crippen molar-refractivity contribution < 1.29 is 23.1 Å². The van der Waals surface area contributed by atoms with E-state index in [1.54, 1.807) is 12.1 Å². The van der Waals surface area contributed by atoms with Gasteiger partial charge in [0.05, 0.1) is 5.52 Å². The molecule has 1 unspecified atom stereocenters. The number of aryl methyl sites for hydroxylation is 1. The highest BCUT2D eigenvalue weighted by atomic mass is 19.4. The molecule has 1 aromatic heterocycles. The van der Waals surface area contributed by atoms with Gasteiger partial charge in [0.2, 0.25) is 0 Å². The largest absolute Gasteiger partial charge is 0.481 e. The van der Waals surface area contributed by atoms with Gasteiger partial charge in [0.15, 0.2) is 5.92 Å². The Morgan fingerprint density at radius 2 is 2.05 bits per heavy atom. The highest BCUT2D eigenvalue weighted by molar-refractivity contribution is 5.83. The van der Waals surface area contributed by atoms with E-state index in [1.165, 1.54) is 10.8 Å². The lowest BCUT2D eigenvalue weighted by Crippen LogP contribution is -2.34. The van der Waals surface area contributed by atoms with Crippen LogP contribution < -0.4 is 0 Å². The SMILES string of the molecule is CCc1cccc2ccn(CC(C(=O)O)C(F)(F)F)c12. The maximum absolute atomic E-state index is 12.8. The topological polar surface area (TPSA) is 42.2 Å². The minimum Gasteiger partial charge on any atom is -0.481 e. The Bertz CT molecular complexity index is 631. The summed E-state index contributed by atoms with van der Waals surface area (Å²) in [5.74, 6) is -4.25. The lowest BCUT2D eigenvalue weighted by molar-refractivity contribution is -0.195. The van der Waals surface area contributed by atoms with Crippen molar-refractivity contribution in [2.24, 2.45) is 5.92 Å². The number of nitrogens with zero attached hydrogens (tertiary/aromatic N) is 1. The van der Waals surface area contributed by atoms with E-state index < -0.39 is 24.6 Å². The molecule has 2 aromatic rings. The molecule has 0 fully saturated rings. The molecule has 0 amide bonds. The molecule has 0 saturated carbocycles. The van der Waals surface area contributed by atoms with Gasteiger partial charge in [0.25, 0.3) is 0 Å². The molecule has 6 heteroatoms. The first kappa shape index (κ1) is 14.4. The second-order valence-corrected chi connectivity index (χ2v) is 4.61. The number of aromatic nitrogens is 1. The summed E-state index contributed by atoms with van der Waals surface area (Å²) in [4.78, 5) is 10.8. The molecule has 3 nitrogen and oxygen atoms in total. The Labute approximate surface area is 113 Å². The standard InChI is InChI=1S/C14H14F3NO2/c1-2-9-4-3-5-10-6-7-18(12(9)10)8-11(13(19)20)14(15,16)17/h3-7,11H,2,8H2,1H3,(H,19,20). The van der Waals surface area contributed by atoms with Crippen molar-refractivity contribution in [3.8, 4) is 0 Å². The fraction of sp³-hybridized carbons (Fsp3) is 0.357. The molecule has 0 aliphatic heterocycles. The van der Waals surface area contributed by atoms with E-state index in [-0.39, 0.29) is 0 Å². The first-order valence-corrected chi connectivity index (χ1v) is 6.20. The molecule has 1 aromatic carbocycles. The normalized spacial score (nSPS) is 13.6. The number of carbonyl (C=O) groups is 1. The van der Waals surface area contributed by atoms with E-state index in [0.717, 1.165) is 10.9 Å². The second kappa shape index (κ2) is 5.19. The van der Waals surface area contributed by atoms with Crippen LogP contribution in [-0.2, 0) is 17.8 Å². The molecule has 0 aliphatic rings. The maximum Gasteiger partial charge on any atom is 0.403 e. The monoisotopic (exact) mass is 285 g/mol. The van der Waals surface area contributed by atoms with Crippen LogP contribution >= 0.6 is 0 Å². The Hall–Kier alpha value is -1.98. The van der Waals surface area contributed by atoms with Gasteiger partial charge in [-0.05, 0) is 23.4 Å². The molecule has 1 atom stereocenters. The zero-order chi connectivity index (χ0) is 14.9. The molecule has 20 heavy (non-hydrogen) atoms. The van der Waals surface area contributed by atoms with Crippen LogP contribution in [0.4, 0.5) is 13.2 Å². The van der Waals surface area contributed by atoms with E-state index >= 15 is 0 Å². The fourth-order valence-corrected chi connectivity index (χ4v) is 2.30. The molecule has 0 spiro atoms. The molecule has 1 N–H and O–H groups in total. The molecule has 2 rings (SSSR count). The van der Waals surface area contributed by atoms with Gasteiger partial charge in [0.1, 0.15) is 0 Å². The van der Waals surface area contributed by atoms with Gasteiger partial charge in [-0.25, -0.2) is 0 Å². The van der Waals surface area contributed by atoms with Crippen molar-refractivity contribution in [3.05, 3.63) is 36.0 Å². The van der Waals surface area contributed by atoms with Crippen molar-refractivity contribution >= 4 is 16.9 Å². The third kappa shape index (κ3) is 2.64. The van der Waals surface area contributed by atoms with Crippen LogP contribution in [0.1, 0.15) is 12.5 Å². The summed E-state index contributed by atoms with van der Waals surface area (Å²) in [5, 5.41) is 9.59. The van der Waals surface area contributed by atoms with Gasteiger partial charge in [0, 0.05) is 12.7 Å². The van der Waals surface area contributed by atoms with Gasteiger partial charge in [-0.15, -0.1) is 0 Å². The van der Waals surface area contributed by atoms with Crippen LogP contribution in [-0.4, -0.2) is 21.8 Å². The van der Waals surface area contributed by atoms with Crippen molar-refractivity contribution in [3.63, 3.8) is 0 Å². The lowest BCUT2D eigenvalue weighted by Gasteiger charge is -2.18. The van der Waals surface area contributed by atoms with E-state index in [0.29, 0.717) is 11.9 Å². The number of fused-ring (bicyclic) bond motifs is 1. The van der Waals surface area contributed by atoms with Gasteiger partial charge < -0.3 is 9.67 Å². The van der Waals surface area contributed by atoms with Crippen LogP contribution in [0.25, 0.3) is 10.9 Å². The first-order chi connectivity index (χ1) is 9.34. The van der Waals surface area contributed by atoms with Crippen molar-refractivity contribution in [1.82, 2.24) is 4.57 Å². The van der Waals surface area contributed by atoms with E-state index in [9.17, 15) is 18.0 Å². The minimum atomic E-state index is -4.76. The smallest absolute Gasteiger partial charge is 0.403 e. The average molecular weight is 285 g/mol. The molecule has 0 saturated heterocycles. The average Bonchev–Trinajstić information content (AvgIpc) is 2.77. The Morgan fingerprint density at radius 1 is 1.35 bits per heavy atom. The number of alkyl halides is 3. The Kier molecular flexibility index (Phi) is 3.74. The number of hydrogen-bond acceptors (Lipinski definition) is 1. The molecule has 1 heterocycles. The van der Waals surface area contributed by atoms with Crippen molar-refractivity contribution in [1.29, 1.82) is 0 Å². The molecule has 0 aliphatic carbocycles. The maximum atomic E-state index is 12.8. The second-order valence-electron chi connectivity index (χ2n) is 4.61. The predicted molar refractivity (Wildman–Crippen MR) is 68.5 cm³/mol. The predicted octanol–water partition coefficient (Wildman–Crippen LogP) is 3.47. The third-order valence-corrected chi connectivity index (χ3v) is 3.33. The number of carboxylic acid groups (broad SMARTS) is 1. The summed E-state index contributed by atoms with van der Waals surface area (Å²) in [5.41, 5.74) is 1.57. The van der Waals surface area contributed by atoms with Gasteiger partial charge in [-0.3, -0.25) is 4.79 Å². The van der Waals surface area contributed by atoms with Gasteiger partial charge >= 0.3 is 12.1 Å². The number of rotatable bonds is 4. The molecule has 0 radical (unpaired) electrons. The number of hydrogen-bond donors (Lipinski definition) is 1. The Balaban J connectivity index is 2.46. The van der Waals surface area contributed by atoms with Gasteiger partial charge in [-0.2, -0.15) is 13.2 Å². The Morgan fingerprint density at radius 3 is 2.60 bits per heavy atom. The summed E-state index contributed by atoms with van der Waals surface area (Å²) in [7, 11) is 0. The fourth-order valence-electron chi connectivity index (χ4n) is 2.30. The summed E-state index contributed by atoms with van der Waals surface area (Å²) >= 11 is 0. The highest BCUT2D eigenvalue weighted by Crippen LogP contribution is 2.30. The van der Waals surface area contributed by atoms with E-state index in [4.69, 9.17) is 5.11 Å². The van der Waals surface area contributed by atoms with E-state index in [2.05, 4.69) is 0 Å². The third-order valence-electron chi connectivity index (χ3n) is 3.33. The van der Waals surface area contributed by atoms with Crippen LogP contribution in [0.3, 0.4) is 0 Å². The summed E-state index contributed by atoms with van der Waals surface area (Å²) < 4.78 is 39.6.